The van der Waals surface area contributed by atoms with Crippen molar-refractivity contribution in [2.45, 2.75) is 26.3 Å². The van der Waals surface area contributed by atoms with Gasteiger partial charge in [0.1, 0.15) is 0 Å². The monoisotopic (exact) mass is 270 g/mol. The van der Waals surface area contributed by atoms with Gasteiger partial charge in [-0.05, 0) is 36.2 Å². The molecule has 0 aliphatic heterocycles. The Morgan fingerprint density at radius 3 is 2.70 bits per heavy atom. The van der Waals surface area contributed by atoms with Gasteiger partial charge in [-0.3, -0.25) is 4.79 Å². The van der Waals surface area contributed by atoms with Crippen molar-refractivity contribution in [2.75, 3.05) is 13.1 Å². The fraction of sp³-hybridized carbons (Fsp3) is 0.353. The van der Waals surface area contributed by atoms with Gasteiger partial charge in [0.25, 0.3) is 0 Å². The van der Waals surface area contributed by atoms with Crippen LogP contribution in [0.2, 0.25) is 0 Å². The Kier molecular flexibility index (Phi) is 5.13. The molecule has 1 amide bonds. The van der Waals surface area contributed by atoms with E-state index >= 15 is 0 Å². The van der Waals surface area contributed by atoms with Crippen molar-refractivity contribution in [1.29, 1.82) is 0 Å². The molecule has 1 atom stereocenters. The maximum Gasteiger partial charge on any atom is 0.234 e. The molecule has 0 radical (unpaired) electrons. The summed E-state index contributed by atoms with van der Waals surface area (Å²) < 4.78 is 0. The lowest BCUT2D eigenvalue weighted by Crippen LogP contribution is -2.35. The van der Waals surface area contributed by atoms with Crippen molar-refractivity contribution in [3.8, 4) is 0 Å². The highest BCUT2D eigenvalue weighted by atomic mass is 16.1. The zero-order valence-electron chi connectivity index (χ0n) is 12.1. The molecule has 0 saturated carbocycles. The van der Waals surface area contributed by atoms with Gasteiger partial charge in [0, 0.05) is 0 Å². The summed E-state index contributed by atoms with van der Waals surface area (Å²) in [6.07, 6.45) is 1.03. The number of rotatable bonds is 6. The van der Waals surface area contributed by atoms with Crippen LogP contribution in [0.1, 0.15) is 31.9 Å². The van der Waals surface area contributed by atoms with E-state index in [4.69, 9.17) is 0 Å². The molecule has 0 aromatic heterocycles. The highest BCUT2D eigenvalue weighted by Gasteiger charge is 2.11. The number of amides is 1. The standard InChI is InChI=1S/C17H22N2O/c1-3-11-18-12-17(20)19-13(2)15-10-6-8-14-7-4-5-9-16(14)15/h4-10,13,18H,3,11-12H2,1-2H3,(H,19,20). The van der Waals surface area contributed by atoms with Gasteiger partial charge in [0.2, 0.25) is 5.91 Å². The average Bonchev–Trinajstić information content (AvgIpc) is 2.47. The SMILES string of the molecule is CCCNCC(=O)NC(C)c1cccc2ccccc12. The van der Waals surface area contributed by atoms with E-state index in [1.807, 2.05) is 25.1 Å². The molecule has 2 rings (SSSR count). The van der Waals surface area contributed by atoms with Gasteiger partial charge < -0.3 is 10.6 Å². The van der Waals surface area contributed by atoms with Crippen molar-refractivity contribution >= 4 is 16.7 Å². The molecule has 2 N–H and O–H groups in total. The summed E-state index contributed by atoms with van der Waals surface area (Å²) in [7, 11) is 0. The predicted octanol–water partition coefficient (Wildman–Crippen LogP) is 3.02. The van der Waals surface area contributed by atoms with E-state index in [0.717, 1.165) is 18.5 Å². The fourth-order valence-corrected chi connectivity index (χ4v) is 2.38. The average molecular weight is 270 g/mol. The largest absolute Gasteiger partial charge is 0.348 e. The first-order chi connectivity index (χ1) is 9.72. The first-order valence-electron chi connectivity index (χ1n) is 7.20. The number of carbonyl (C=O) groups is 1. The molecule has 3 nitrogen and oxygen atoms in total. The molecular formula is C17H22N2O. The highest BCUT2D eigenvalue weighted by Crippen LogP contribution is 2.23. The minimum absolute atomic E-state index is 0.0111. The van der Waals surface area contributed by atoms with Crippen molar-refractivity contribution in [1.82, 2.24) is 10.6 Å². The summed E-state index contributed by atoms with van der Waals surface area (Å²) in [5.41, 5.74) is 1.16. The van der Waals surface area contributed by atoms with Crippen molar-refractivity contribution in [3.05, 3.63) is 48.0 Å². The Labute approximate surface area is 120 Å². The van der Waals surface area contributed by atoms with Crippen LogP contribution >= 0.6 is 0 Å². The number of hydrogen-bond acceptors (Lipinski definition) is 2. The minimum Gasteiger partial charge on any atom is -0.348 e. The second kappa shape index (κ2) is 7.06. The molecule has 20 heavy (non-hydrogen) atoms. The topological polar surface area (TPSA) is 41.1 Å². The third-order valence-corrected chi connectivity index (χ3v) is 3.38. The Hall–Kier alpha value is -1.87. The van der Waals surface area contributed by atoms with E-state index in [1.54, 1.807) is 0 Å². The lowest BCUT2D eigenvalue weighted by atomic mass is 10.00. The van der Waals surface area contributed by atoms with E-state index in [0.29, 0.717) is 6.54 Å². The molecule has 0 spiro atoms. The molecule has 0 aliphatic carbocycles. The highest BCUT2D eigenvalue weighted by molar-refractivity contribution is 5.87. The van der Waals surface area contributed by atoms with E-state index in [1.165, 1.54) is 10.8 Å². The van der Waals surface area contributed by atoms with Gasteiger partial charge in [-0.2, -0.15) is 0 Å². The lowest BCUT2D eigenvalue weighted by molar-refractivity contribution is -0.120. The second-order valence-electron chi connectivity index (χ2n) is 5.03. The summed E-state index contributed by atoms with van der Waals surface area (Å²) in [4.78, 5) is 11.9. The smallest absolute Gasteiger partial charge is 0.234 e. The Bertz CT molecular complexity index is 575. The Morgan fingerprint density at radius 1 is 1.15 bits per heavy atom. The molecule has 0 fully saturated rings. The van der Waals surface area contributed by atoms with Crippen molar-refractivity contribution < 1.29 is 4.79 Å². The van der Waals surface area contributed by atoms with Crippen LogP contribution in [0, 0.1) is 0 Å². The van der Waals surface area contributed by atoms with Crippen LogP contribution in [-0.4, -0.2) is 19.0 Å². The molecular weight excluding hydrogens is 248 g/mol. The first kappa shape index (κ1) is 14.5. The van der Waals surface area contributed by atoms with Crippen LogP contribution < -0.4 is 10.6 Å². The molecule has 0 heterocycles. The quantitative estimate of drug-likeness (QED) is 0.792. The zero-order valence-corrected chi connectivity index (χ0v) is 12.1. The van der Waals surface area contributed by atoms with Gasteiger partial charge in [-0.15, -0.1) is 0 Å². The van der Waals surface area contributed by atoms with E-state index in [9.17, 15) is 4.79 Å². The maximum atomic E-state index is 11.9. The van der Waals surface area contributed by atoms with Gasteiger partial charge >= 0.3 is 0 Å². The van der Waals surface area contributed by atoms with Crippen LogP contribution in [0.25, 0.3) is 10.8 Å². The summed E-state index contributed by atoms with van der Waals surface area (Å²) in [6, 6.07) is 14.5. The second-order valence-corrected chi connectivity index (χ2v) is 5.03. The van der Waals surface area contributed by atoms with Gasteiger partial charge in [0.05, 0.1) is 12.6 Å². The fourth-order valence-electron chi connectivity index (χ4n) is 2.38. The van der Waals surface area contributed by atoms with Crippen LogP contribution in [0.4, 0.5) is 0 Å². The third kappa shape index (κ3) is 3.58. The summed E-state index contributed by atoms with van der Waals surface area (Å²) in [5.74, 6) is 0.0406. The van der Waals surface area contributed by atoms with Crippen LogP contribution in [0.3, 0.4) is 0 Å². The summed E-state index contributed by atoms with van der Waals surface area (Å²) >= 11 is 0. The molecule has 2 aromatic carbocycles. The van der Waals surface area contributed by atoms with E-state index in [2.05, 4.69) is 41.8 Å². The predicted molar refractivity (Wildman–Crippen MR) is 83.7 cm³/mol. The summed E-state index contributed by atoms with van der Waals surface area (Å²) in [6.45, 7) is 5.36. The third-order valence-electron chi connectivity index (χ3n) is 3.38. The Balaban J connectivity index is 2.07. The summed E-state index contributed by atoms with van der Waals surface area (Å²) in [5, 5.41) is 8.56. The number of carbonyl (C=O) groups excluding carboxylic acids is 1. The normalized spacial score (nSPS) is 12.3. The van der Waals surface area contributed by atoms with Crippen molar-refractivity contribution in [2.24, 2.45) is 0 Å². The van der Waals surface area contributed by atoms with Crippen molar-refractivity contribution in [3.63, 3.8) is 0 Å². The van der Waals surface area contributed by atoms with Gasteiger partial charge in [0.15, 0.2) is 0 Å². The van der Waals surface area contributed by atoms with Crippen LogP contribution in [-0.2, 0) is 4.79 Å². The number of benzene rings is 2. The first-order valence-corrected chi connectivity index (χ1v) is 7.20. The number of nitrogens with one attached hydrogen (secondary N) is 2. The lowest BCUT2D eigenvalue weighted by Gasteiger charge is -2.17. The molecule has 0 bridgehead atoms. The molecule has 0 saturated heterocycles. The zero-order chi connectivity index (χ0) is 14.4. The van der Waals surface area contributed by atoms with E-state index < -0.39 is 0 Å². The number of fused-ring (bicyclic) bond motifs is 1. The van der Waals surface area contributed by atoms with Crippen LogP contribution in [0.15, 0.2) is 42.5 Å². The van der Waals surface area contributed by atoms with Gasteiger partial charge in [-0.1, -0.05) is 49.4 Å². The molecule has 1 unspecified atom stereocenters. The molecule has 2 aromatic rings. The Morgan fingerprint density at radius 2 is 1.90 bits per heavy atom. The van der Waals surface area contributed by atoms with Gasteiger partial charge in [-0.25, -0.2) is 0 Å². The van der Waals surface area contributed by atoms with Crippen LogP contribution in [0.5, 0.6) is 0 Å². The minimum atomic E-state index is 0.0111. The molecule has 0 aliphatic rings. The molecule has 3 heteroatoms. The molecule has 106 valence electrons. The number of hydrogen-bond donors (Lipinski definition) is 2. The maximum absolute atomic E-state index is 11.9. The van der Waals surface area contributed by atoms with E-state index in [-0.39, 0.29) is 11.9 Å².